The van der Waals surface area contributed by atoms with Crippen molar-refractivity contribution in [3.05, 3.63) is 59.4 Å². The molecule has 134 valence electrons. The molecule has 0 fully saturated rings. The molecule has 0 aliphatic heterocycles. The normalized spacial score (nSPS) is 12.5. The van der Waals surface area contributed by atoms with Gasteiger partial charge in [0.15, 0.2) is 5.96 Å². The van der Waals surface area contributed by atoms with Crippen molar-refractivity contribution >= 4 is 17.6 Å². The number of nitrogens with one attached hydrogen (secondary N) is 2. The molecule has 0 saturated heterocycles. The number of hydrogen-bond acceptors (Lipinski definition) is 3. The second-order valence-electron chi connectivity index (χ2n) is 5.63. The smallest absolute Gasteiger partial charge is 0.191 e. The Morgan fingerprint density at radius 1 is 1.20 bits per heavy atom. The van der Waals surface area contributed by atoms with Gasteiger partial charge in [-0.2, -0.15) is 0 Å². The van der Waals surface area contributed by atoms with E-state index in [1.807, 2.05) is 50.2 Å². The van der Waals surface area contributed by atoms with Gasteiger partial charge in [0.1, 0.15) is 17.0 Å². The van der Waals surface area contributed by atoms with E-state index in [1.165, 1.54) is 0 Å². The van der Waals surface area contributed by atoms with Crippen molar-refractivity contribution in [3.8, 4) is 5.75 Å². The van der Waals surface area contributed by atoms with E-state index < -0.39 is 0 Å². The maximum Gasteiger partial charge on any atom is 0.191 e. The van der Waals surface area contributed by atoms with Crippen LogP contribution in [-0.2, 0) is 6.42 Å². The maximum absolute atomic E-state index is 5.84. The predicted molar refractivity (Wildman–Crippen MR) is 103 cm³/mol. The fourth-order valence-corrected chi connectivity index (χ4v) is 2.32. The molecule has 2 aromatic rings. The highest BCUT2D eigenvalue weighted by Crippen LogP contribution is 2.10. The summed E-state index contributed by atoms with van der Waals surface area (Å²) in [6.07, 6.45) is 2.65. The standard InChI is InChI=1S/C19H25ClN4O/c1-3-21-19(22-12-11-16-9-10-18(20)23-14-16)24-13-15(2)25-17-7-5-4-6-8-17/h4-10,14-15H,3,11-13H2,1-2H3,(H2,21,22,24). The molecule has 0 spiro atoms. The lowest BCUT2D eigenvalue weighted by atomic mass is 10.2. The van der Waals surface area contributed by atoms with Gasteiger partial charge >= 0.3 is 0 Å². The molecule has 1 heterocycles. The Morgan fingerprint density at radius 3 is 2.68 bits per heavy atom. The summed E-state index contributed by atoms with van der Waals surface area (Å²) in [5, 5.41) is 7.08. The second kappa shape index (κ2) is 10.6. The van der Waals surface area contributed by atoms with Crippen molar-refractivity contribution in [2.24, 2.45) is 4.99 Å². The highest BCUT2D eigenvalue weighted by molar-refractivity contribution is 6.29. The molecule has 5 nitrogen and oxygen atoms in total. The van der Waals surface area contributed by atoms with Gasteiger partial charge in [-0.1, -0.05) is 35.9 Å². The summed E-state index contributed by atoms with van der Waals surface area (Å²) in [6, 6.07) is 13.6. The second-order valence-corrected chi connectivity index (χ2v) is 6.01. The molecule has 0 amide bonds. The van der Waals surface area contributed by atoms with Gasteiger partial charge in [0.2, 0.25) is 0 Å². The molecule has 2 rings (SSSR count). The molecular formula is C19H25ClN4O. The third kappa shape index (κ3) is 7.44. The number of halogens is 1. The van der Waals surface area contributed by atoms with Gasteiger partial charge in [0.25, 0.3) is 0 Å². The number of ether oxygens (including phenoxy) is 1. The fourth-order valence-electron chi connectivity index (χ4n) is 2.21. The van der Waals surface area contributed by atoms with E-state index in [0.29, 0.717) is 11.7 Å². The molecule has 0 aliphatic carbocycles. The molecule has 2 N–H and O–H groups in total. The Kier molecular flexibility index (Phi) is 8.05. The monoisotopic (exact) mass is 360 g/mol. The summed E-state index contributed by atoms with van der Waals surface area (Å²) in [5.74, 6) is 1.64. The number of nitrogens with zero attached hydrogens (tertiary/aromatic N) is 2. The minimum absolute atomic E-state index is 0.00155. The minimum Gasteiger partial charge on any atom is -0.489 e. The Balaban J connectivity index is 1.79. The SMILES string of the molecule is CCNC(=NCC(C)Oc1ccccc1)NCCc1ccc(Cl)nc1. The number of aliphatic imine (C=N–C) groups is 1. The zero-order chi connectivity index (χ0) is 17.9. The molecule has 0 bridgehead atoms. The Labute approximate surface area is 154 Å². The first-order chi connectivity index (χ1) is 12.2. The zero-order valence-electron chi connectivity index (χ0n) is 14.7. The average molecular weight is 361 g/mol. The van der Waals surface area contributed by atoms with Crippen LogP contribution in [0.25, 0.3) is 0 Å². The lowest BCUT2D eigenvalue weighted by Gasteiger charge is -2.15. The van der Waals surface area contributed by atoms with Gasteiger partial charge in [0.05, 0.1) is 6.54 Å². The van der Waals surface area contributed by atoms with E-state index in [-0.39, 0.29) is 6.10 Å². The van der Waals surface area contributed by atoms with E-state index in [4.69, 9.17) is 16.3 Å². The lowest BCUT2D eigenvalue weighted by Crippen LogP contribution is -2.39. The summed E-state index contributed by atoms with van der Waals surface area (Å²) in [7, 11) is 0. The lowest BCUT2D eigenvalue weighted by molar-refractivity contribution is 0.230. The van der Waals surface area contributed by atoms with Gasteiger partial charge in [-0.3, -0.25) is 0 Å². The first-order valence-electron chi connectivity index (χ1n) is 8.51. The van der Waals surface area contributed by atoms with Crippen LogP contribution >= 0.6 is 11.6 Å². The summed E-state index contributed by atoms with van der Waals surface area (Å²) < 4.78 is 5.84. The molecule has 25 heavy (non-hydrogen) atoms. The van der Waals surface area contributed by atoms with E-state index in [2.05, 4.69) is 20.6 Å². The molecule has 1 aromatic heterocycles. The summed E-state index contributed by atoms with van der Waals surface area (Å²) >= 11 is 5.80. The van der Waals surface area contributed by atoms with Crippen LogP contribution in [0, 0.1) is 0 Å². The summed E-state index contributed by atoms with van der Waals surface area (Å²) in [5.41, 5.74) is 1.13. The molecular weight excluding hydrogens is 336 g/mol. The molecule has 1 unspecified atom stereocenters. The fraction of sp³-hybridized carbons (Fsp3) is 0.368. The highest BCUT2D eigenvalue weighted by atomic mass is 35.5. The molecule has 1 atom stereocenters. The van der Waals surface area contributed by atoms with Crippen molar-refractivity contribution in [1.82, 2.24) is 15.6 Å². The van der Waals surface area contributed by atoms with E-state index in [0.717, 1.165) is 36.8 Å². The number of para-hydroxylation sites is 1. The first-order valence-corrected chi connectivity index (χ1v) is 8.89. The van der Waals surface area contributed by atoms with Crippen molar-refractivity contribution in [2.45, 2.75) is 26.4 Å². The van der Waals surface area contributed by atoms with E-state index in [9.17, 15) is 0 Å². The average Bonchev–Trinajstić information content (AvgIpc) is 2.62. The van der Waals surface area contributed by atoms with E-state index >= 15 is 0 Å². The van der Waals surface area contributed by atoms with Crippen LogP contribution in [0.5, 0.6) is 5.75 Å². The molecule has 1 aromatic carbocycles. The van der Waals surface area contributed by atoms with Gasteiger partial charge in [-0.15, -0.1) is 0 Å². The largest absolute Gasteiger partial charge is 0.489 e. The van der Waals surface area contributed by atoms with Crippen LogP contribution in [0.15, 0.2) is 53.7 Å². The summed E-state index contributed by atoms with van der Waals surface area (Å²) in [4.78, 5) is 8.68. The highest BCUT2D eigenvalue weighted by Gasteiger charge is 2.04. The van der Waals surface area contributed by atoms with Crippen molar-refractivity contribution in [1.29, 1.82) is 0 Å². The molecule has 0 radical (unpaired) electrons. The number of hydrogen-bond donors (Lipinski definition) is 2. The Morgan fingerprint density at radius 2 is 2.00 bits per heavy atom. The molecule has 0 saturated carbocycles. The predicted octanol–water partition coefficient (Wildman–Crippen LogP) is 3.30. The maximum atomic E-state index is 5.84. The van der Waals surface area contributed by atoms with Crippen LogP contribution in [0.3, 0.4) is 0 Å². The Bertz CT molecular complexity index is 646. The number of rotatable bonds is 8. The molecule has 0 aliphatic rings. The van der Waals surface area contributed by atoms with Gasteiger partial charge in [-0.25, -0.2) is 9.98 Å². The Hall–Kier alpha value is -2.27. The topological polar surface area (TPSA) is 58.5 Å². The molecule has 6 heteroatoms. The number of pyridine rings is 1. The van der Waals surface area contributed by atoms with Crippen LogP contribution in [0.4, 0.5) is 0 Å². The van der Waals surface area contributed by atoms with Crippen molar-refractivity contribution < 1.29 is 4.74 Å². The van der Waals surface area contributed by atoms with Crippen molar-refractivity contribution in [3.63, 3.8) is 0 Å². The first kappa shape index (κ1) is 19.1. The number of benzene rings is 1. The van der Waals surface area contributed by atoms with Crippen LogP contribution in [0.2, 0.25) is 5.15 Å². The van der Waals surface area contributed by atoms with E-state index in [1.54, 1.807) is 12.3 Å². The van der Waals surface area contributed by atoms with Gasteiger partial charge < -0.3 is 15.4 Å². The summed E-state index contributed by atoms with van der Waals surface area (Å²) in [6.45, 7) is 6.21. The zero-order valence-corrected chi connectivity index (χ0v) is 15.5. The van der Waals surface area contributed by atoms with Gasteiger partial charge in [-0.05, 0) is 44.0 Å². The third-order valence-corrected chi connectivity index (χ3v) is 3.65. The quantitative estimate of drug-likeness (QED) is 0.431. The number of aromatic nitrogens is 1. The third-order valence-electron chi connectivity index (χ3n) is 3.43. The van der Waals surface area contributed by atoms with Crippen LogP contribution < -0.4 is 15.4 Å². The van der Waals surface area contributed by atoms with Gasteiger partial charge in [0, 0.05) is 19.3 Å². The van der Waals surface area contributed by atoms with Crippen LogP contribution in [-0.4, -0.2) is 36.7 Å². The minimum atomic E-state index is -0.00155. The number of guanidine groups is 1. The van der Waals surface area contributed by atoms with Crippen molar-refractivity contribution in [2.75, 3.05) is 19.6 Å². The van der Waals surface area contributed by atoms with Crippen LogP contribution in [0.1, 0.15) is 19.4 Å².